The van der Waals surface area contributed by atoms with E-state index in [4.69, 9.17) is 9.47 Å². The van der Waals surface area contributed by atoms with Gasteiger partial charge in [-0.15, -0.1) is 0 Å². The summed E-state index contributed by atoms with van der Waals surface area (Å²) >= 11 is 0. The maximum Gasteiger partial charge on any atom is 0.406 e. The van der Waals surface area contributed by atoms with Crippen LogP contribution in [-0.4, -0.2) is 44.4 Å². The third kappa shape index (κ3) is 6.25. The molecule has 0 radical (unpaired) electrons. The lowest BCUT2D eigenvalue weighted by molar-refractivity contribution is -0.137. The van der Waals surface area contributed by atoms with Crippen molar-refractivity contribution >= 4 is 6.03 Å². The Labute approximate surface area is 133 Å². The molecule has 1 aromatic rings. The Bertz CT molecular complexity index is 521. The van der Waals surface area contributed by atoms with E-state index in [9.17, 15) is 18.0 Å². The van der Waals surface area contributed by atoms with Gasteiger partial charge in [0.05, 0.1) is 13.7 Å². The van der Waals surface area contributed by atoms with Gasteiger partial charge in [-0.25, -0.2) is 4.79 Å². The predicted molar refractivity (Wildman–Crippen MR) is 79.7 cm³/mol. The molecule has 2 amide bonds. The fourth-order valence-electron chi connectivity index (χ4n) is 1.88. The van der Waals surface area contributed by atoms with Gasteiger partial charge in [0.1, 0.15) is 6.54 Å². The molecule has 0 atom stereocenters. The van der Waals surface area contributed by atoms with Crippen LogP contribution in [-0.2, 0) is 6.54 Å². The van der Waals surface area contributed by atoms with Crippen molar-refractivity contribution in [1.82, 2.24) is 10.2 Å². The van der Waals surface area contributed by atoms with Crippen LogP contribution in [0.15, 0.2) is 18.2 Å². The van der Waals surface area contributed by atoms with E-state index in [1.54, 1.807) is 18.2 Å². The molecule has 8 heteroatoms. The number of carbonyl (C=O) groups excluding carboxylic acids is 1. The van der Waals surface area contributed by atoms with E-state index >= 15 is 0 Å². The van der Waals surface area contributed by atoms with E-state index in [1.165, 1.54) is 7.11 Å². The van der Waals surface area contributed by atoms with Gasteiger partial charge in [-0.2, -0.15) is 13.2 Å². The van der Waals surface area contributed by atoms with E-state index in [-0.39, 0.29) is 6.54 Å². The van der Waals surface area contributed by atoms with Gasteiger partial charge in [-0.05, 0) is 12.5 Å². The van der Waals surface area contributed by atoms with Gasteiger partial charge in [-0.1, -0.05) is 19.1 Å². The summed E-state index contributed by atoms with van der Waals surface area (Å²) in [5.74, 6) is 0.990. The van der Waals surface area contributed by atoms with Crippen LogP contribution in [0.1, 0.15) is 18.9 Å². The third-order valence-electron chi connectivity index (χ3n) is 2.92. The fraction of sp³-hybridized carbons (Fsp3) is 0.533. The van der Waals surface area contributed by atoms with Gasteiger partial charge in [0, 0.05) is 19.2 Å². The number of hydrogen-bond donors (Lipinski definition) is 1. The SMILES string of the molecule is CCCOc1c(CNC(=O)N(C)CC(F)(F)F)cccc1OC. The standard InChI is InChI=1S/C15H21F3N2O3/c1-4-8-23-13-11(6-5-7-12(13)22-3)9-19-14(21)20(2)10-15(16,17)18/h5-7H,4,8-10H2,1-3H3,(H,19,21). The van der Waals surface area contributed by atoms with Crippen molar-refractivity contribution in [2.75, 3.05) is 27.3 Å². The summed E-state index contributed by atoms with van der Waals surface area (Å²) in [6.45, 7) is 1.14. The lowest BCUT2D eigenvalue weighted by Gasteiger charge is -2.20. The molecular formula is C15H21F3N2O3. The molecule has 1 aromatic carbocycles. The molecule has 0 unspecified atom stereocenters. The number of rotatable bonds is 7. The van der Waals surface area contributed by atoms with Crippen molar-refractivity contribution in [3.63, 3.8) is 0 Å². The summed E-state index contributed by atoms with van der Waals surface area (Å²) in [7, 11) is 2.58. The summed E-state index contributed by atoms with van der Waals surface area (Å²) in [4.78, 5) is 12.3. The molecule has 1 rings (SSSR count). The number of alkyl halides is 3. The number of hydrogen-bond acceptors (Lipinski definition) is 3. The predicted octanol–water partition coefficient (Wildman–Crippen LogP) is 3.19. The van der Waals surface area contributed by atoms with Crippen LogP contribution in [0.2, 0.25) is 0 Å². The van der Waals surface area contributed by atoms with Crippen molar-refractivity contribution in [3.05, 3.63) is 23.8 Å². The van der Waals surface area contributed by atoms with Gasteiger partial charge < -0.3 is 19.7 Å². The Morgan fingerprint density at radius 2 is 2.04 bits per heavy atom. The summed E-state index contributed by atoms with van der Waals surface area (Å²) in [5, 5.41) is 2.44. The summed E-state index contributed by atoms with van der Waals surface area (Å²) in [6.07, 6.45) is -3.64. The number of benzene rings is 1. The van der Waals surface area contributed by atoms with Gasteiger partial charge >= 0.3 is 12.2 Å². The molecule has 1 N–H and O–H groups in total. The second-order valence-corrected chi connectivity index (χ2v) is 4.93. The zero-order valence-electron chi connectivity index (χ0n) is 13.4. The molecule has 0 fully saturated rings. The van der Waals surface area contributed by atoms with Crippen molar-refractivity contribution < 1.29 is 27.4 Å². The number of carbonyl (C=O) groups is 1. The van der Waals surface area contributed by atoms with E-state index in [0.717, 1.165) is 13.5 Å². The number of ether oxygens (including phenoxy) is 2. The Morgan fingerprint density at radius 3 is 2.61 bits per heavy atom. The van der Waals surface area contributed by atoms with Crippen LogP contribution in [0.25, 0.3) is 0 Å². The first-order valence-electron chi connectivity index (χ1n) is 7.13. The number of halogens is 3. The van der Waals surface area contributed by atoms with E-state index in [0.29, 0.717) is 28.6 Å². The van der Waals surface area contributed by atoms with Gasteiger partial charge in [0.25, 0.3) is 0 Å². The molecule has 0 aromatic heterocycles. The van der Waals surface area contributed by atoms with Crippen LogP contribution >= 0.6 is 0 Å². The average molecular weight is 334 g/mol. The molecule has 0 aliphatic heterocycles. The molecule has 0 saturated heterocycles. The number of nitrogens with zero attached hydrogens (tertiary/aromatic N) is 1. The van der Waals surface area contributed by atoms with E-state index in [2.05, 4.69) is 5.32 Å². The second kappa shape index (κ2) is 8.50. The highest BCUT2D eigenvalue weighted by Crippen LogP contribution is 2.31. The van der Waals surface area contributed by atoms with E-state index in [1.807, 2.05) is 6.92 Å². The molecule has 0 aliphatic carbocycles. The topological polar surface area (TPSA) is 50.8 Å². The molecule has 0 aliphatic rings. The first-order valence-corrected chi connectivity index (χ1v) is 7.13. The van der Waals surface area contributed by atoms with Crippen molar-refractivity contribution in [2.45, 2.75) is 26.1 Å². The molecule has 0 saturated carbocycles. The number of nitrogens with one attached hydrogen (secondary N) is 1. The highest BCUT2D eigenvalue weighted by molar-refractivity contribution is 5.74. The highest BCUT2D eigenvalue weighted by atomic mass is 19.4. The lowest BCUT2D eigenvalue weighted by Crippen LogP contribution is -2.42. The molecular weight excluding hydrogens is 313 g/mol. The van der Waals surface area contributed by atoms with Crippen molar-refractivity contribution in [3.8, 4) is 11.5 Å². The van der Waals surface area contributed by atoms with Crippen LogP contribution in [0.5, 0.6) is 11.5 Å². The van der Waals surface area contributed by atoms with Crippen LogP contribution in [0, 0.1) is 0 Å². The van der Waals surface area contributed by atoms with Crippen molar-refractivity contribution in [1.29, 1.82) is 0 Å². The minimum Gasteiger partial charge on any atom is -0.493 e. The number of amides is 2. The smallest absolute Gasteiger partial charge is 0.406 e. The second-order valence-electron chi connectivity index (χ2n) is 4.93. The van der Waals surface area contributed by atoms with Gasteiger partial charge in [0.2, 0.25) is 0 Å². The molecule has 0 heterocycles. The van der Waals surface area contributed by atoms with Crippen LogP contribution in [0.4, 0.5) is 18.0 Å². The van der Waals surface area contributed by atoms with Crippen LogP contribution in [0.3, 0.4) is 0 Å². The highest BCUT2D eigenvalue weighted by Gasteiger charge is 2.31. The summed E-state index contributed by atoms with van der Waals surface area (Å²) in [5.41, 5.74) is 0.631. The molecule has 0 spiro atoms. The molecule has 5 nitrogen and oxygen atoms in total. The molecule has 0 bridgehead atoms. The largest absolute Gasteiger partial charge is 0.493 e. The Balaban J connectivity index is 2.75. The number of urea groups is 1. The molecule has 23 heavy (non-hydrogen) atoms. The Morgan fingerprint density at radius 1 is 1.35 bits per heavy atom. The summed E-state index contributed by atoms with van der Waals surface area (Å²) < 4.78 is 47.6. The normalized spacial score (nSPS) is 11.0. The average Bonchev–Trinajstić information content (AvgIpc) is 2.48. The zero-order valence-corrected chi connectivity index (χ0v) is 13.4. The lowest BCUT2D eigenvalue weighted by atomic mass is 10.2. The molecule has 130 valence electrons. The van der Waals surface area contributed by atoms with E-state index < -0.39 is 18.8 Å². The Kier molecular flexibility index (Phi) is 6.99. The maximum absolute atomic E-state index is 12.3. The minimum absolute atomic E-state index is 0.0390. The van der Waals surface area contributed by atoms with Crippen molar-refractivity contribution in [2.24, 2.45) is 0 Å². The monoisotopic (exact) mass is 334 g/mol. The van der Waals surface area contributed by atoms with Gasteiger partial charge in [0.15, 0.2) is 11.5 Å². The quantitative estimate of drug-likeness (QED) is 0.833. The fourth-order valence-corrected chi connectivity index (χ4v) is 1.88. The first-order chi connectivity index (χ1) is 10.8. The zero-order chi connectivity index (χ0) is 17.5. The van der Waals surface area contributed by atoms with Crippen LogP contribution < -0.4 is 14.8 Å². The Hall–Kier alpha value is -2.12. The third-order valence-corrected chi connectivity index (χ3v) is 2.92. The number of methoxy groups -OCH3 is 1. The van der Waals surface area contributed by atoms with Gasteiger partial charge in [-0.3, -0.25) is 0 Å². The number of para-hydroxylation sites is 1. The first kappa shape index (κ1) is 18.9. The summed E-state index contributed by atoms with van der Waals surface area (Å²) in [6, 6.07) is 4.34. The maximum atomic E-state index is 12.3. The minimum atomic E-state index is -4.43.